The van der Waals surface area contributed by atoms with Crippen LogP contribution >= 0.6 is 11.3 Å². The second-order valence-electron chi connectivity index (χ2n) is 9.65. The predicted molar refractivity (Wildman–Crippen MR) is 149 cm³/mol. The monoisotopic (exact) mass is 544 g/mol. The van der Waals surface area contributed by atoms with Crippen molar-refractivity contribution in [3.05, 3.63) is 48.0 Å². The standard InChI is InChI=1S/C27H36N4O4S2/c1-5-20-7-12-24-25(19-20)36-27(28-24)31(16-6-15-29(2)3)26(32)21-13-17-30(18-14-21)37(33,34)23-10-8-22(35-4)9-11-23/h7-12,19,21H,5-6,13-18H2,1-4H3. The Balaban J connectivity index is 1.49. The van der Waals surface area contributed by atoms with Crippen molar-refractivity contribution in [1.82, 2.24) is 14.2 Å². The van der Waals surface area contributed by atoms with Gasteiger partial charge in [-0.15, -0.1) is 0 Å². The lowest BCUT2D eigenvalue weighted by atomic mass is 9.96. The molecule has 200 valence electrons. The van der Waals surface area contributed by atoms with Crippen LogP contribution in [0.15, 0.2) is 47.4 Å². The Bertz CT molecular complexity index is 1310. The van der Waals surface area contributed by atoms with E-state index in [0.29, 0.717) is 38.2 Å². The molecule has 2 aromatic carbocycles. The Labute approximate surface area is 223 Å². The molecular formula is C27H36N4O4S2. The molecule has 0 bridgehead atoms. The lowest BCUT2D eigenvalue weighted by Crippen LogP contribution is -2.45. The third kappa shape index (κ3) is 6.31. The van der Waals surface area contributed by atoms with Gasteiger partial charge < -0.3 is 9.64 Å². The number of aromatic nitrogens is 1. The number of aryl methyl sites for hydroxylation is 1. The van der Waals surface area contributed by atoms with Gasteiger partial charge in [0.2, 0.25) is 15.9 Å². The van der Waals surface area contributed by atoms with Gasteiger partial charge in [0.25, 0.3) is 0 Å². The summed E-state index contributed by atoms with van der Waals surface area (Å²) in [4.78, 5) is 22.8. The van der Waals surface area contributed by atoms with Crippen LogP contribution in [0.5, 0.6) is 5.75 Å². The number of amides is 1. The highest BCUT2D eigenvalue weighted by atomic mass is 32.2. The molecule has 8 nitrogen and oxygen atoms in total. The number of sulfonamides is 1. The molecule has 0 radical (unpaired) electrons. The average Bonchev–Trinajstić information content (AvgIpc) is 3.33. The number of anilines is 1. The summed E-state index contributed by atoms with van der Waals surface area (Å²) in [6.07, 6.45) is 2.76. The summed E-state index contributed by atoms with van der Waals surface area (Å²) in [5, 5.41) is 0.722. The molecule has 2 heterocycles. The van der Waals surface area contributed by atoms with Gasteiger partial charge in [-0.1, -0.05) is 24.3 Å². The van der Waals surface area contributed by atoms with Crippen molar-refractivity contribution in [2.75, 3.05) is 52.3 Å². The van der Waals surface area contributed by atoms with Gasteiger partial charge >= 0.3 is 0 Å². The second kappa shape index (κ2) is 11.9. The van der Waals surface area contributed by atoms with Crippen molar-refractivity contribution >= 4 is 42.6 Å². The number of thiazole rings is 1. The minimum absolute atomic E-state index is 0.0371. The Hall–Kier alpha value is -2.53. The summed E-state index contributed by atoms with van der Waals surface area (Å²) in [5.41, 5.74) is 2.15. The van der Waals surface area contributed by atoms with E-state index in [1.54, 1.807) is 42.7 Å². The molecular weight excluding hydrogens is 508 g/mol. The molecule has 0 saturated carbocycles. The number of rotatable bonds is 10. The van der Waals surface area contributed by atoms with Gasteiger partial charge in [0.1, 0.15) is 5.75 Å². The smallest absolute Gasteiger partial charge is 0.243 e. The summed E-state index contributed by atoms with van der Waals surface area (Å²) in [6.45, 7) is 4.21. The molecule has 1 aliphatic heterocycles. The number of ether oxygens (including phenoxy) is 1. The van der Waals surface area contributed by atoms with Crippen molar-refractivity contribution in [3.63, 3.8) is 0 Å². The van der Waals surface area contributed by atoms with E-state index in [1.165, 1.54) is 9.87 Å². The minimum Gasteiger partial charge on any atom is -0.497 e. The molecule has 0 atom stereocenters. The molecule has 0 spiro atoms. The largest absolute Gasteiger partial charge is 0.497 e. The molecule has 1 amide bonds. The van der Waals surface area contributed by atoms with Gasteiger partial charge in [-0.25, -0.2) is 13.4 Å². The highest BCUT2D eigenvalue weighted by Crippen LogP contribution is 2.33. The Morgan fingerprint density at radius 2 is 1.81 bits per heavy atom. The van der Waals surface area contributed by atoms with Crippen LogP contribution < -0.4 is 9.64 Å². The summed E-state index contributed by atoms with van der Waals surface area (Å²) in [7, 11) is 1.97. The van der Waals surface area contributed by atoms with Gasteiger partial charge in [-0.05, 0) is 88.3 Å². The number of benzene rings is 2. The first-order valence-corrected chi connectivity index (χ1v) is 15.0. The third-order valence-electron chi connectivity index (χ3n) is 6.83. The van der Waals surface area contributed by atoms with Crippen LogP contribution in [0.25, 0.3) is 10.2 Å². The van der Waals surface area contributed by atoms with Crippen molar-refractivity contribution in [2.24, 2.45) is 5.92 Å². The van der Waals surface area contributed by atoms with Crippen LogP contribution in [0, 0.1) is 5.92 Å². The molecule has 10 heteroatoms. The number of carbonyl (C=O) groups is 1. The van der Waals surface area contributed by atoms with Crippen LogP contribution in [0.1, 0.15) is 31.7 Å². The maximum absolute atomic E-state index is 13.8. The Morgan fingerprint density at radius 3 is 2.43 bits per heavy atom. The van der Waals surface area contributed by atoms with Crippen molar-refractivity contribution in [2.45, 2.75) is 37.5 Å². The average molecular weight is 545 g/mol. The number of carbonyl (C=O) groups excluding carboxylic acids is 1. The fraction of sp³-hybridized carbons (Fsp3) is 0.481. The molecule has 37 heavy (non-hydrogen) atoms. The second-order valence-corrected chi connectivity index (χ2v) is 12.6. The zero-order valence-electron chi connectivity index (χ0n) is 22.0. The molecule has 3 aromatic rings. The topological polar surface area (TPSA) is 83.1 Å². The lowest BCUT2D eigenvalue weighted by Gasteiger charge is -2.33. The van der Waals surface area contributed by atoms with Crippen LogP contribution in [0.4, 0.5) is 5.13 Å². The van der Waals surface area contributed by atoms with E-state index in [1.807, 2.05) is 25.1 Å². The van der Waals surface area contributed by atoms with Crippen molar-refractivity contribution < 1.29 is 17.9 Å². The summed E-state index contributed by atoms with van der Waals surface area (Å²) in [6, 6.07) is 12.7. The molecule has 0 aliphatic carbocycles. The fourth-order valence-corrected chi connectivity index (χ4v) is 7.13. The lowest BCUT2D eigenvalue weighted by molar-refractivity contribution is -0.123. The fourth-order valence-electron chi connectivity index (χ4n) is 4.60. The number of hydrogen-bond acceptors (Lipinski definition) is 7. The van der Waals surface area contributed by atoms with E-state index in [0.717, 1.165) is 34.7 Å². The SMILES string of the molecule is CCc1ccc2nc(N(CCCN(C)C)C(=O)C3CCN(S(=O)(=O)c4ccc(OC)cc4)CC3)sc2c1. The van der Waals surface area contributed by atoms with Crippen LogP contribution in [0.2, 0.25) is 0 Å². The van der Waals surface area contributed by atoms with Crippen molar-refractivity contribution in [3.8, 4) is 5.75 Å². The molecule has 0 N–H and O–H groups in total. The molecule has 1 fully saturated rings. The minimum atomic E-state index is -3.62. The van der Waals surface area contributed by atoms with E-state index >= 15 is 0 Å². The van der Waals surface area contributed by atoms with E-state index < -0.39 is 10.0 Å². The molecule has 1 aliphatic rings. The number of hydrogen-bond donors (Lipinski definition) is 0. The Morgan fingerprint density at radius 1 is 1.11 bits per heavy atom. The molecule has 1 saturated heterocycles. The first-order valence-electron chi connectivity index (χ1n) is 12.7. The quantitative estimate of drug-likeness (QED) is 0.380. The normalized spacial score (nSPS) is 15.4. The zero-order chi connectivity index (χ0) is 26.6. The third-order valence-corrected chi connectivity index (χ3v) is 9.79. The van der Waals surface area contributed by atoms with Gasteiger partial charge in [0.15, 0.2) is 5.13 Å². The maximum atomic E-state index is 13.8. The van der Waals surface area contributed by atoms with Gasteiger partial charge in [0, 0.05) is 25.6 Å². The molecule has 0 unspecified atom stereocenters. The predicted octanol–water partition coefficient (Wildman–Crippen LogP) is 4.25. The van der Waals surface area contributed by atoms with Gasteiger partial charge in [0.05, 0.1) is 22.2 Å². The first-order chi connectivity index (χ1) is 17.7. The summed E-state index contributed by atoms with van der Waals surface area (Å²) < 4.78 is 34.0. The van der Waals surface area contributed by atoms with E-state index in [-0.39, 0.29) is 16.7 Å². The zero-order valence-corrected chi connectivity index (χ0v) is 23.6. The highest BCUT2D eigenvalue weighted by Gasteiger charge is 2.35. The number of nitrogens with zero attached hydrogens (tertiary/aromatic N) is 4. The van der Waals surface area contributed by atoms with Crippen LogP contribution in [-0.2, 0) is 21.2 Å². The number of piperidine rings is 1. The van der Waals surface area contributed by atoms with E-state index in [2.05, 4.69) is 24.0 Å². The first kappa shape index (κ1) is 27.5. The number of methoxy groups -OCH3 is 1. The van der Waals surface area contributed by atoms with Crippen molar-refractivity contribution in [1.29, 1.82) is 0 Å². The van der Waals surface area contributed by atoms with Crippen LogP contribution in [-0.4, -0.2) is 75.9 Å². The maximum Gasteiger partial charge on any atom is 0.243 e. The van der Waals surface area contributed by atoms with Gasteiger partial charge in [-0.3, -0.25) is 9.69 Å². The molecule has 1 aromatic heterocycles. The summed E-state index contributed by atoms with van der Waals surface area (Å²) >= 11 is 1.55. The van der Waals surface area contributed by atoms with E-state index in [9.17, 15) is 13.2 Å². The van der Waals surface area contributed by atoms with Gasteiger partial charge in [-0.2, -0.15) is 4.31 Å². The highest BCUT2D eigenvalue weighted by molar-refractivity contribution is 7.89. The van der Waals surface area contributed by atoms with E-state index in [4.69, 9.17) is 9.72 Å². The Kier molecular flexibility index (Phi) is 8.84. The van der Waals surface area contributed by atoms with Crippen LogP contribution in [0.3, 0.4) is 0 Å². The summed E-state index contributed by atoms with van der Waals surface area (Å²) in [5.74, 6) is 0.410. The molecule has 4 rings (SSSR count). The number of fused-ring (bicyclic) bond motifs is 1.